The van der Waals surface area contributed by atoms with Crippen LogP contribution in [-0.2, 0) is 9.53 Å². The quantitative estimate of drug-likeness (QED) is 0.389. The van der Waals surface area contributed by atoms with E-state index in [0.29, 0.717) is 42.9 Å². The number of carbonyl (C=O) groups excluding carboxylic acids is 3. The average Bonchev–Trinajstić information content (AvgIpc) is 3.27. The van der Waals surface area contributed by atoms with Crippen molar-refractivity contribution < 1.29 is 19.1 Å². The molecule has 1 aliphatic carbocycles. The summed E-state index contributed by atoms with van der Waals surface area (Å²) >= 11 is 2.97. The lowest BCUT2D eigenvalue weighted by molar-refractivity contribution is -0.142. The van der Waals surface area contributed by atoms with Gasteiger partial charge in [0.2, 0.25) is 0 Å². The Kier molecular flexibility index (Phi) is 10.5. The van der Waals surface area contributed by atoms with Crippen LogP contribution in [0.15, 0.2) is 10.4 Å². The number of thioether (sulfide) groups is 1. The molecule has 0 spiro atoms. The van der Waals surface area contributed by atoms with E-state index in [0.717, 1.165) is 42.7 Å². The van der Waals surface area contributed by atoms with Gasteiger partial charge in [-0.1, -0.05) is 18.3 Å². The van der Waals surface area contributed by atoms with E-state index in [1.807, 2.05) is 4.90 Å². The molecule has 1 saturated carbocycles. The van der Waals surface area contributed by atoms with Crippen molar-refractivity contribution in [1.29, 1.82) is 0 Å². The molecule has 11 heteroatoms. The first-order chi connectivity index (χ1) is 16.8. The van der Waals surface area contributed by atoms with Crippen molar-refractivity contribution in [3.63, 3.8) is 0 Å². The fraction of sp³-hybridized carbons (Fsp3) is 0.750. The van der Waals surface area contributed by atoms with Crippen molar-refractivity contribution in [2.24, 2.45) is 5.92 Å². The molecule has 196 valence electrons. The third kappa shape index (κ3) is 7.99. The van der Waals surface area contributed by atoms with Gasteiger partial charge in [0.25, 0.3) is 0 Å². The highest BCUT2D eigenvalue weighted by molar-refractivity contribution is 8.01. The van der Waals surface area contributed by atoms with Gasteiger partial charge in [-0.05, 0) is 51.4 Å². The molecule has 1 N–H and O–H groups in total. The number of aromatic nitrogens is 1. The summed E-state index contributed by atoms with van der Waals surface area (Å²) in [6, 6.07) is 0.254. The molecular weight excluding hydrogens is 486 g/mol. The summed E-state index contributed by atoms with van der Waals surface area (Å²) in [6.45, 7) is 5.79. The number of rotatable bonds is 8. The monoisotopic (exact) mass is 525 g/mol. The molecule has 4 amide bonds. The number of nitrogens with one attached hydrogen (secondary N) is 1. The van der Waals surface area contributed by atoms with Crippen LogP contribution in [0.5, 0.6) is 0 Å². The van der Waals surface area contributed by atoms with Gasteiger partial charge in [-0.15, -0.1) is 11.8 Å². The van der Waals surface area contributed by atoms with Gasteiger partial charge in [-0.3, -0.25) is 10.1 Å². The smallest absolute Gasteiger partial charge is 0.324 e. The second-order valence-corrected chi connectivity index (χ2v) is 12.0. The summed E-state index contributed by atoms with van der Waals surface area (Å²) in [6.07, 6.45) is 7.94. The zero-order valence-electron chi connectivity index (χ0n) is 21.3. The molecule has 2 fully saturated rings. The van der Waals surface area contributed by atoms with Crippen molar-refractivity contribution >= 4 is 46.3 Å². The molecule has 1 aliphatic heterocycles. The molecule has 9 nitrogen and oxygen atoms in total. The van der Waals surface area contributed by atoms with Crippen LogP contribution in [0.4, 0.5) is 14.7 Å². The molecule has 0 atom stereocenters. The summed E-state index contributed by atoms with van der Waals surface area (Å²) in [5.74, 6) is 1.11. The van der Waals surface area contributed by atoms with E-state index in [4.69, 9.17) is 4.74 Å². The number of piperidine rings is 1. The average molecular weight is 526 g/mol. The molecule has 2 aliphatic rings. The number of nitrogens with zero attached hydrogens (tertiary/aromatic N) is 4. The summed E-state index contributed by atoms with van der Waals surface area (Å²) in [7, 11) is 3.55. The zero-order valence-corrected chi connectivity index (χ0v) is 23.0. The number of hydrogen-bond acceptors (Lipinski definition) is 7. The van der Waals surface area contributed by atoms with Crippen LogP contribution in [0.2, 0.25) is 0 Å². The Morgan fingerprint density at radius 1 is 1.14 bits per heavy atom. The van der Waals surface area contributed by atoms with Gasteiger partial charge in [0.1, 0.15) is 0 Å². The van der Waals surface area contributed by atoms with Crippen molar-refractivity contribution in [3.8, 4) is 0 Å². The molecule has 35 heavy (non-hydrogen) atoms. The molecule has 1 saturated heterocycles. The van der Waals surface area contributed by atoms with E-state index in [9.17, 15) is 14.4 Å². The van der Waals surface area contributed by atoms with E-state index >= 15 is 0 Å². The number of carbonyl (C=O) groups is 3. The van der Waals surface area contributed by atoms with Gasteiger partial charge in [-0.2, -0.15) is 0 Å². The molecule has 1 aromatic rings. The minimum atomic E-state index is -0.200. The van der Waals surface area contributed by atoms with Crippen LogP contribution in [0.1, 0.15) is 58.8 Å². The first-order valence-corrected chi connectivity index (χ1v) is 14.4. The molecule has 2 heterocycles. The van der Waals surface area contributed by atoms with Crippen LogP contribution >= 0.6 is 23.1 Å². The van der Waals surface area contributed by atoms with E-state index in [-0.39, 0.29) is 30.1 Å². The van der Waals surface area contributed by atoms with Crippen LogP contribution in [0, 0.1) is 5.92 Å². The maximum Gasteiger partial charge on any atom is 0.324 e. The van der Waals surface area contributed by atoms with Crippen molar-refractivity contribution in [1.82, 2.24) is 19.7 Å². The lowest BCUT2D eigenvalue weighted by Crippen LogP contribution is -2.55. The number of thiazole rings is 1. The van der Waals surface area contributed by atoms with Gasteiger partial charge >= 0.3 is 18.0 Å². The molecular formula is C24H39N5O4S2. The SMILES string of the molecule is CCOC(=O)CCSc1cnc(NC(=O)N(C2CCN(C(=O)N(C)C)CC2)[C@H]2CC[C@H](C)CC2)s1. The number of hydrogen-bond donors (Lipinski definition) is 1. The number of amides is 4. The molecule has 0 radical (unpaired) electrons. The standard InChI is InChI=1S/C24H39N5O4S2/c1-5-33-20(30)12-15-34-21-16-25-22(35-21)26-23(31)29(18-8-6-17(2)7-9-18)19-10-13-28(14-11-19)24(32)27(3)4/h16-19H,5-15H2,1-4H3,(H,25,26,31)/t17-,18-. The summed E-state index contributed by atoms with van der Waals surface area (Å²) in [5, 5.41) is 3.61. The lowest BCUT2D eigenvalue weighted by Gasteiger charge is -2.44. The third-order valence-corrected chi connectivity index (χ3v) is 8.79. The van der Waals surface area contributed by atoms with Crippen LogP contribution < -0.4 is 5.32 Å². The van der Waals surface area contributed by atoms with Crippen LogP contribution in [-0.4, -0.2) is 89.3 Å². The van der Waals surface area contributed by atoms with Gasteiger partial charge in [-0.25, -0.2) is 14.6 Å². The molecule has 1 aromatic heterocycles. The highest BCUT2D eigenvalue weighted by Crippen LogP contribution is 2.33. The van der Waals surface area contributed by atoms with Gasteiger partial charge in [0, 0.05) is 45.0 Å². The Labute approximate surface area is 216 Å². The van der Waals surface area contributed by atoms with Crippen LogP contribution in [0.3, 0.4) is 0 Å². The largest absolute Gasteiger partial charge is 0.466 e. The Morgan fingerprint density at radius 2 is 1.80 bits per heavy atom. The minimum Gasteiger partial charge on any atom is -0.466 e. The lowest BCUT2D eigenvalue weighted by atomic mass is 9.85. The second kappa shape index (κ2) is 13.3. The first kappa shape index (κ1) is 27.6. The minimum absolute atomic E-state index is 0.0294. The topological polar surface area (TPSA) is 95.1 Å². The van der Waals surface area contributed by atoms with Crippen LogP contribution in [0.25, 0.3) is 0 Å². The summed E-state index contributed by atoms with van der Waals surface area (Å²) in [5.41, 5.74) is 0. The van der Waals surface area contributed by atoms with Crippen molar-refractivity contribution in [2.45, 2.75) is 75.1 Å². The maximum atomic E-state index is 13.5. The Balaban J connectivity index is 1.61. The molecule has 3 rings (SSSR count). The van der Waals surface area contributed by atoms with Gasteiger partial charge < -0.3 is 19.4 Å². The first-order valence-electron chi connectivity index (χ1n) is 12.6. The van der Waals surface area contributed by atoms with E-state index in [1.165, 1.54) is 11.3 Å². The number of ether oxygens (including phenoxy) is 1. The molecule has 0 bridgehead atoms. The zero-order chi connectivity index (χ0) is 25.4. The van der Waals surface area contributed by atoms with Gasteiger partial charge in [0.05, 0.1) is 23.4 Å². The summed E-state index contributed by atoms with van der Waals surface area (Å²) in [4.78, 5) is 47.3. The number of urea groups is 2. The van der Waals surface area contributed by atoms with E-state index < -0.39 is 0 Å². The third-order valence-electron chi connectivity index (χ3n) is 6.68. The van der Waals surface area contributed by atoms with Gasteiger partial charge in [0.15, 0.2) is 5.13 Å². The van der Waals surface area contributed by atoms with Crippen molar-refractivity contribution in [3.05, 3.63) is 6.20 Å². The fourth-order valence-electron chi connectivity index (χ4n) is 4.78. The number of anilines is 1. The summed E-state index contributed by atoms with van der Waals surface area (Å²) < 4.78 is 5.92. The predicted molar refractivity (Wildman–Crippen MR) is 140 cm³/mol. The normalized spacial score (nSPS) is 20.9. The Morgan fingerprint density at radius 3 is 2.43 bits per heavy atom. The fourth-order valence-corrected chi connectivity index (χ4v) is 6.64. The number of esters is 1. The molecule has 0 unspecified atom stereocenters. The number of likely N-dealkylation sites (tertiary alicyclic amines) is 1. The highest BCUT2D eigenvalue weighted by Gasteiger charge is 2.36. The Hall–Kier alpha value is -2.01. The second-order valence-electron chi connectivity index (χ2n) is 9.53. The van der Waals surface area contributed by atoms with E-state index in [1.54, 1.807) is 43.9 Å². The van der Waals surface area contributed by atoms with Crippen molar-refractivity contribution in [2.75, 3.05) is 44.9 Å². The highest BCUT2D eigenvalue weighted by atomic mass is 32.2. The maximum absolute atomic E-state index is 13.5. The van der Waals surface area contributed by atoms with E-state index in [2.05, 4.69) is 22.1 Å². The predicted octanol–water partition coefficient (Wildman–Crippen LogP) is 4.75. The Bertz CT molecular complexity index is 849. The molecule has 0 aromatic carbocycles.